The third-order valence-electron chi connectivity index (χ3n) is 3.62. The minimum absolute atomic E-state index is 0.0130. The van der Waals surface area contributed by atoms with Gasteiger partial charge >= 0.3 is 0 Å². The fourth-order valence-electron chi connectivity index (χ4n) is 2.58. The van der Waals surface area contributed by atoms with Crippen molar-refractivity contribution in [2.24, 2.45) is 5.73 Å². The van der Waals surface area contributed by atoms with Gasteiger partial charge in [-0.15, -0.1) is 0 Å². The van der Waals surface area contributed by atoms with E-state index in [4.69, 9.17) is 10.2 Å². The molecule has 1 saturated carbocycles. The summed E-state index contributed by atoms with van der Waals surface area (Å²) in [6.07, 6.45) is 4.65. The fraction of sp³-hybridized carbons (Fsp3) is 0.462. The van der Waals surface area contributed by atoms with Crippen molar-refractivity contribution < 1.29 is 4.42 Å². The Hall–Kier alpha value is -1.55. The quantitative estimate of drug-likeness (QED) is 0.852. The molecular weight excluding hydrogens is 214 g/mol. The molecule has 0 aliphatic heterocycles. The third-order valence-corrected chi connectivity index (χ3v) is 3.62. The first kappa shape index (κ1) is 10.6. The number of nitrogens with two attached hydrogens (primary N) is 1. The van der Waals surface area contributed by atoms with Crippen molar-refractivity contribution in [2.75, 3.05) is 11.9 Å². The summed E-state index contributed by atoms with van der Waals surface area (Å²) in [6, 6.07) is 8.39. The zero-order chi connectivity index (χ0) is 11.7. The highest BCUT2D eigenvalue weighted by Crippen LogP contribution is 2.32. The minimum atomic E-state index is -0.0130. The SMILES string of the molecule is NCC1(Nc2nc3ccccc3o2)CCCC1. The number of rotatable bonds is 3. The van der Waals surface area contributed by atoms with Crippen molar-refractivity contribution in [3.8, 4) is 0 Å². The number of hydrogen-bond donors (Lipinski definition) is 2. The Kier molecular flexibility index (Phi) is 2.52. The van der Waals surface area contributed by atoms with Gasteiger partial charge in [-0.05, 0) is 25.0 Å². The van der Waals surface area contributed by atoms with E-state index in [2.05, 4.69) is 10.3 Å². The zero-order valence-corrected chi connectivity index (χ0v) is 9.78. The number of oxazole rings is 1. The monoisotopic (exact) mass is 231 g/mol. The molecule has 3 N–H and O–H groups in total. The van der Waals surface area contributed by atoms with Crippen molar-refractivity contribution in [3.63, 3.8) is 0 Å². The molecule has 1 aromatic heterocycles. The van der Waals surface area contributed by atoms with Crippen LogP contribution in [0, 0.1) is 0 Å². The van der Waals surface area contributed by atoms with Crippen LogP contribution in [-0.4, -0.2) is 17.1 Å². The summed E-state index contributed by atoms with van der Waals surface area (Å²) >= 11 is 0. The summed E-state index contributed by atoms with van der Waals surface area (Å²) in [7, 11) is 0. The molecule has 1 fully saturated rings. The predicted octanol–water partition coefficient (Wildman–Crippen LogP) is 2.51. The van der Waals surface area contributed by atoms with Crippen LogP contribution in [0.3, 0.4) is 0 Å². The molecule has 1 aliphatic rings. The second kappa shape index (κ2) is 4.04. The van der Waals surface area contributed by atoms with Crippen LogP contribution in [0.2, 0.25) is 0 Å². The summed E-state index contributed by atoms with van der Waals surface area (Å²) in [6.45, 7) is 0.631. The number of nitrogens with zero attached hydrogens (tertiary/aromatic N) is 1. The van der Waals surface area contributed by atoms with Crippen LogP contribution >= 0.6 is 0 Å². The van der Waals surface area contributed by atoms with E-state index in [1.165, 1.54) is 12.8 Å². The molecule has 4 heteroatoms. The van der Waals surface area contributed by atoms with Gasteiger partial charge in [-0.3, -0.25) is 0 Å². The summed E-state index contributed by atoms with van der Waals surface area (Å²) in [5.41, 5.74) is 7.57. The lowest BCUT2D eigenvalue weighted by atomic mass is 9.98. The average Bonchev–Trinajstić information content (AvgIpc) is 2.95. The summed E-state index contributed by atoms with van der Waals surface area (Å²) < 4.78 is 5.68. The molecule has 0 amide bonds. The number of benzene rings is 1. The Balaban J connectivity index is 1.89. The van der Waals surface area contributed by atoms with Gasteiger partial charge in [0.25, 0.3) is 6.01 Å². The van der Waals surface area contributed by atoms with Crippen molar-refractivity contribution in [2.45, 2.75) is 31.2 Å². The fourth-order valence-corrected chi connectivity index (χ4v) is 2.58. The molecule has 0 radical (unpaired) electrons. The molecule has 0 saturated heterocycles. The molecule has 0 spiro atoms. The highest BCUT2D eigenvalue weighted by Gasteiger charge is 2.33. The maximum absolute atomic E-state index is 5.88. The predicted molar refractivity (Wildman–Crippen MR) is 67.9 cm³/mol. The first-order valence-corrected chi connectivity index (χ1v) is 6.15. The molecule has 1 aromatic carbocycles. The van der Waals surface area contributed by atoms with Crippen LogP contribution in [0.25, 0.3) is 11.1 Å². The van der Waals surface area contributed by atoms with E-state index in [9.17, 15) is 0 Å². The third kappa shape index (κ3) is 1.89. The Morgan fingerprint density at radius 3 is 2.76 bits per heavy atom. The van der Waals surface area contributed by atoms with E-state index >= 15 is 0 Å². The summed E-state index contributed by atoms with van der Waals surface area (Å²) in [5, 5.41) is 3.39. The molecule has 90 valence electrons. The van der Waals surface area contributed by atoms with Crippen molar-refractivity contribution >= 4 is 17.1 Å². The van der Waals surface area contributed by atoms with Crippen LogP contribution in [0.5, 0.6) is 0 Å². The van der Waals surface area contributed by atoms with Gasteiger partial charge in [0.1, 0.15) is 5.52 Å². The first-order chi connectivity index (χ1) is 8.31. The molecule has 0 bridgehead atoms. The number of fused-ring (bicyclic) bond motifs is 1. The van der Waals surface area contributed by atoms with Gasteiger partial charge in [-0.25, -0.2) is 0 Å². The Bertz CT molecular complexity index is 481. The Labute approximate surface area is 100 Å². The van der Waals surface area contributed by atoms with Crippen LogP contribution in [0.4, 0.5) is 6.01 Å². The highest BCUT2D eigenvalue weighted by atomic mass is 16.4. The summed E-state index contributed by atoms with van der Waals surface area (Å²) in [5.74, 6) is 0. The van der Waals surface area contributed by atoms with Gasteiger partial charge in [0.15, 0.2) is 5.58 Å². The van der Waals surface area contributed by atoms with Crippen LogP contribution in [0.15, 0.2) is 28.7 Å². The van der Waals surface area contributed by atoms with Crippen molar-refractivity contribution in [1.29, 1.82) is 0 Å². The normalized spacial score (nSPS) is 18.6. The second-order valence-electron chi connectivity index (χ2n) is 4.80. The molecule has 1 aliphatic carbocycles. The van der Waals surface area contributed by atoms with E-state index < -0.39 is 0 Å². The molecule has 3 rings (SSSR count). The van der Waals surface area contributed by atoms with Gasteiger partial charge in [0, 0.05) is 6.54 Å². The summed E-state index contributed by atoms with van der Waals surface area (Å²) in [4.78, 5) is 4.44. The topological polar surface area (TPSA) is 64.1 Å². The minimum Gasteiger partial charge on any atom is -0.424 e. The molecular formula is C13H17N3O. The van der Waals surface area contributed by atoms with E-state index in [1.54, 1.807) is 0 Å². The average molecular weight is 231 g/mol. The first-order valence-electron chi connectivity index (χ1n) is 6.15. The number of para-hydroxylation sites is 2. The maximum Gasteiger partial charge on any atom is 0.296 e. The van der Waals surface area contributed by atoms with Gasteiger partial charge < -0.3 is 15.5 Å². The molecule has 1 heterocycles. The lowest BCUT2D eigenvalue weighted by Gasteiger charge is -2.27. The van der Waals surface area contributed by atoms with E-state index in [0.717, 1.165) is 23.9 Å². The van der Waals surface area contributed by atoms with Gasteiger partial charge in [-0.2, -0.15) is 4.98 Å². The van der Waals surface area contributed by atoms with Gasteiger partial charge in [0.2, 0.25) is 0 Å². The molecule has 2 aromatic rings. The van der Waals surface area contributed by atoms with Gasteiger partial charge in [0.05, 0.1) is 5.54 Å². The van der Waals surface area contributed by atoms with E-state index in [-0.39, 0.29) is 5.54 Å². The number of anilines is 1. The van der Waals surface area contributed by atoms with Crippen LogP contribution in [-0.2, 0) is 0 Å². The number of nitrogens with one attached hydrogen (secondary N) is 1. The standard InChI is InChI=1S/C13H17N3O/c14-9-13(7-3-4-8-13)16-12-15-10-5-1-2-6-11(10)17-12/h1-2,5-6H,3-4,7-9,14H2,(H,15,16). The molecule has 0 atom stereocenters. The van der Waals surface area contributed by atoms with Crippen LogP contribution < -0.4 is 11.1 Å². The van der Waals surface area contributed by atoms with E-state index in [0.29, 0.717) is 12.6 Å². The number of aromatic nitrogens is 1. The Morgan fingerprint density at radius 1 is 1.29 bits per heavy atom. The number of hydrogen-bond acceptors (Lipinski definition) is 4. The maximum atomic E-state index is 5.88. The second-order valence-corrected chi connectivity index (χ2v) is 4.80. The van der Waals surface area contributed by atoms with Crippen molar-refractivity contribution in [3.05, 3.63) is 24.3 Å². The zero-order valence-electron chi connectivity index (χ0n) is 9.78. The van der Waals surface area contributed by atoms with E-state index in [1.807, 2.05) is 24.3 Å². The highest BCUT2D eigenvalue weighted by molar-refractivity contribution is 5.74. The largest absolute Gasteiger partial charge is 0.424 e. The van der Waals surface area contributed by atoms with Crippen LogP contribution in [0.1, 0.15) is 25.7 Å². The molecule has 4 nitrogen and oxygen atoms in total. The lowest BCUT2D eigenvalue weighted by Crippen LogP contribution is -2.42. The smallest absolute Gasteiger partial charge is 0.296 e. The van der Waals surface area contributed by atoms with Crippen molar-refractivity contribution in [1.82, 2.24) is 4.98 Å². The lowest BCUT2D eigenvalue weighted by molar-refractivity contribution is 0.467. The van der Waals surface area contributed by atoms with Gasteiger partial charge in [-0.1, -0.05) is 25.0 Å². The molecule has 17 heavy (non-hydrogen) atoms. The Morgan fingerprint density at radius 2 is 2.06 bits per heavy atom. The molecule has 0 unspecified atom stereocenters.